The first-order valence-electron chi connectivity index (χ1n) is 6.51. The smallest absolute Gasteiger partial charge is 0.296 e. The van der Waals surface area contributed by atoms with Gasteiger partial charge < -0.3 is 4.74 Å². The summed E-state index contributed by atoms with van der Waals surface area (Å²) in [5.74, 6) is 0. The van der Waals surface area contributed by atoms with Gasteiger partial charge in [0, 0.05) is 13.7 Å². The van der Waals surface area contributed by atoms with Crippen LogP contribution in [0.25, 0.3) is 0 Å². The normalized spacial score (nSPS) is 11.7. The molecule has 4 nitrogen and oxygen atoms in total. The van der Waals surface area contributed by atoms with Crippen LogP contribution in [0.1, 0.15) is 31.2 Å². The van der Waals surface area contributed by atoms with Gasteiger partial charge in [0.25, 0.3) is 10.1 Å². The summed E-state index contributed by atoms with van der Waals surface area (Å²) in [6.45, 7) is 2.91. The number of methoxy groups -OCH3 is 1. The molecule has 0 N–H and O–H groups in total. The van der Waals surface area contributed by atoms with Crippen LogP contribution in [-0.2, 0) is 19.0 Å². The van der Waals surface area contributed by atoms with Crippen molar-refractivity contribution in [2.45, 2.75) is 37.5 Å². The number of hydrogen-bond acceptors (Lipinski definition) is 4. The topological polar surface area (TPSA) is 52.6 Å². The fraction of sp³-hybridized carbons (Fsp3) is 0.571. The summed E-state index contributed by atoms with van der Waals surface area (Å²) in [7, 11) is -1.92. The molecular weight excluding hydrogens is 264 g/mol. The molecule has 0 atom stereocenters. The number of rotatable bonds is 9. The highest BCUT2D eigenvalue weighted by molar-refractivity contribution is 7.86. The fourth-order valence-corrected chi connectivity index (χ4v) is 2.59. The van der Waals surface area contributed by atoms with Crippen LogP contribution in [0.3, 0.4) is 0 Å². The fourth-order valence-electron chi connectivity index (χ4n) is 1.64. The number of benzene rings is 1. The Kier molecular flexibility index (Phi) is 7.05. The van der Waals surface area contributed by atoms with Crippen LogP contribution < -0.4 is 0 Å². The van der Waals surface area contributed by atoms with Crippen molar-refractivity contribution in [1.29, 1.82) is 0 Å². The molecule has 0 unspecified atom stereocenters. The Hall–Kier alpha value is -0.910. The first kappa shape index (κ1) is 16.1. The molecule has 0 aliphatic heterocycles. The number of unbranched alkanes of at least 4 members (excludes halogenated alkanes) is 3. The third-order valence-electron chi connectivity index (χ3n) is 2.79. The van der Waals surface area contributed by atoms with Gasteiger partial charge in [-0.05, 0) is 31.9 Å². The van der Waals surface area contributed by atoms with Crippen LogP contribution in [0.15, 0.2) is 29.2 Å². The lowest BCUT2D eigenvalue weighted by molar-refractivity contribution is 0.191. The SMILES string of the molecule is COCCCCCCOS(=O)(=O)c1ccc(C)cc1. The van der Waals surface area contributed by atoms with Crippen molar-refractivity contribution < 1.29 is 17.3 Å². The van der Waals surface area contributed by atoms with Gasteiger partial charge in [0.05, 0.1) is 11.5 Å². The number of hydrogen-bond donors (Lipinski definition) is 0. The van der Waals surface area contributed by atoms with E-state index in [1.807, 2.05) is 6.92 Å². The summed E-state index contributed by atoms with van der Waals surface area (Å²) < 4.78 is 33.6. The quantitative estimate of drug-likeness (QED) is 0.517. The second kappa shape index (κ2) is 8.30. The molecule has 1 rings (SSSR count). The molecule has 0 amide bonds. The Morgan fingerprint density at radius 2 is 1.53 bits per heavy atom. The number of ether oxygens (including phenoxy) is 1. The molecule has 0 heterocycles. The molecule has 0 aliphatic rings. The average Bonchev–Trinajstić information content (AvgIpc) is 2.38. The first-order valence-corrected chi connectivity index (χ1v) is 7.92. The van der Waals surface area contributed by atoms with Gasteiger partial charge >= 0.3 is 0 Å². The minimum atomic E-state index is -3.60. The summed E-state index contributed by atoms with van der Waals surface area (Å²) >= 11 is 0. The molecule has 0 saturated carbocycles. The molecule has 5 heteroatoms. The lowest BCUT2D eigenvalue weighted by Gasteiger charge is -2.06. The Bertz CT molecular complexity index is 451. The van der Waals surface area contributed by atoms with E-state index < -0.39 is 10.1 Å². The maximum absolute atomic E-state index is 11.8. The zero-order valence-electron chi connectivity index (χ0n) is 11.6. The predicted octanol–water partition coefficient (Wildman–Crippen LogP) is 2.91. The van der Waals surface area contributed by atoms with E-state index in [1.54, 1.807) is 31.4 Å². The second-order valence-electron chi connectivity index (χ2n) is 4.50. The Balaban J connectivity index is 2.29. The number of aryl methyl sites for hydroxylation is 1. The molecule has 1 aromatic carbocycles. The third-order valence-corrected chi connectivity index (χ3v) is 4.12. The predicted molar refractivity (Wildman–Crippen MR) is 74.7 cm³/mol. The summed E-state index contributed by atoms with van der Waals surface area (Å²) in [4.78, 5) is 0.220. The van der Waals surface area contributed by atoms with Crippen LogP contribution in [-0.4, -0.2) is 28.7 Å². The summed E-state index contributed by atoms with van der Waals surface area (Å²) in [5.41, 5.74) is 1.03. The van der Waals surface area contributed by atoms with Crippen molar-refractivity contribution in [1.82, 2.24) is 0 Å². The van der Waals surface area contributed by atoms with Crippen molar-refractivity contribution in [3.8, 4) is 0 Å². The van der Waals surface area contributed by atoms with Crippen molar-refractivity contribution in [3.63, 3.8) is 0 Å². The van der Waals surface area contributed by atoms with Crippen molar-refractivity contribution in [3.05, 3.63) is 29.8 Å². The lowest BCUT2D eigenvalue weighted by atomic mass is 10.2. The molecule has 0 bridgehead atoms. The Labute approximate surface area is 115 Å². The van der Waals surface area contributed by atoms with E-state index in [-0.39, 0.29) is 11.5 Å². The highest BCUT2D eigenvalue weighted by atomic mass is 32.2. The molecule has 0 saturated heterocycles. The van der Waals surface area contributed by atoms with Crippen LogP contribution in [0.2, 0.25) is 0 Å². The maximum Gasteiger partial charge on any atom is 0.296 e. The van der Waals surface area contributed by atoms with E-state index >= 15 is 0 Å². The molecular formula is C14H22O4S. The largest absolute Gasteiger partial charge is 0.385 e. The van der Waals surface area contributed by atoms with Crippen molar-refractivity contribution in [2.75, 3.05) is 20.3 Å². The average molecular weight is 286 g/mol. The molecule has 0 fully saturated rings. The van der Waals surface area contributed by atoms with E-state index in [0.29, 0.717) is 0 Å². The molecule has 0 radical (unpaired) electrons. The standard InChI is InChI=1S/C14H22O4S/c1-13-7-9-14(10-8-13)19(15,16)18-12-6-4-3-5-11-17-2/h7-10H,3-6,11-12H2,1-2H3. The monoisotopic (exact) mass is 286 g/mol. The van der Waals surface area contributed by atoms with Crippen LogP contribution in [0.4, 0.5) is 0 Å². The molecule has 0 aromatic heterocycles. The van der Waals surface area contributed by atoms with Crippen molar-refractivity contribution >= 4 is 10.1 Å². The van der Waals surface area contributed by atoms with Gasteiger partial charge in [-0.25, -0.2) is 0 Å². The van der Waals surface area contributed by atoms with E-state index in [1.165, 1.54) is 0 Å². The van der Waals surface area contributed by atoms with Gasteiger partial charge in [0.1, 0.15) is 0 Å². The van der Waals surface area contributed by atoms with Crippen LogP contribution in [0, 0.1) is 6.92 Å². The van der Waals surface area contributed by atoms with Crippen LogP contribution >= 0.6 is 0 Å². The molecule has 0 spiro atoms. The van der Waals surface area contributed by atoms with Crippen LogP contribution in [0.5, 0.6) is 0 Å². The molecule has 1 aromatic rings. The first-order chi connectivity index (χ1) is 9.06. The maximum atomic E-state index is 11.8. The van der Waals surface area contributed by atoms with Gasteiger partial charge in [-0.3, -0.25) is 4.18 Å². The van der Waals surface area contributed by atoms with Gasteiger partial charge in [-0.2, -0.15) is 8.42 Å². The van der Waals surface area contributed by atoms with E-state index in [2.05, 4.69) is 0 Å². The Morgan fingerprint density at radius 1 is 0.947 bits per heavy atom. The van der Waals surface area contributed by atoms with Gasteiger partial charge in [0.15, 0.2) is 0 Å². The molecule has 19 heavy (non-hydrogen) atoms. The molecule has 108 valence electrons. The van der Waals surface area contributed by atoms with Gasteiger partial charge in [0.2, 0.25) is 0 Å². The third kappa shape index (κ3) is 6.18. The van der Waals surface area contributed by atoms with E-state index in [0.717, 1.165) is 37.9 Å². The van der Waals surface area contributed by atoms with E-state index in [4.69, 9.17) is 8.92 Å². The summed E-state index contributed by atoms with van der Waals surface area (Å²) in [6.07, 6.45) is 3.73. The summed E-state index contributed by atoms with van der Waals surface area (Å²) in [6, 6.07) is 6.68. The minimum absolute atomic E-state index is 0.220. The van der Waals surface area contributed by atoms with Gasteiger partial charge in [-0.1, -0.05) is 30.5 Å². The second-order valence-corrected chi connectivity index (χ2v) is 6.11. The summed E-state index contributed by atoms with van der Waals surface area (Å²) in [5, 5.41) is 0. The van der Waals surface area contributed by atoms with E-state index in [9.17, 15) is 8.42 Å². The van der Waals surface area contributed by atoms with Gasteiger partial charge in [-0.15, -0.1) is 0 Å². The highest BCUT2D eigenvalue weighted by Crippen LogP contribution is 2.14. The zero-order valence-corrected chi connectivity index (χ0v) is 12.4. The molecule has 0 aliphatic carbocycles. The highest BCUT2D eigenvalue weighted by Gasteiger charge is 2.13. The lowest BCUT2D eigenvalue weighted by Crippen LogP contribution is -2.07. The Morgan fingerprint density at radius 3 is 2.11 bits per heavy atom. The zero-order chi connectivity index (χ0) is 14.1. The minimum Gasteiger partial charge on any atom is -0.385 e. The van der Waals surface area contributed by atoms with Crippen molar-refractivity contribution in [2.24, 2.45) is 0 Å².